The average molecular weight is 606 g/mol. The second kappa shape index (κ2) is 18.7. The molecule has 0 saturated carbocycles. The standard InChI is InChI=1S/C30H51N7O6/c1-20(2)13-11-9-7-5-3-4-6-8-10-12-14-22(39)31-16-15-23(40)36-24-21(17-38)43-30(27(42)26(24)41)37-29-25-28(33-18-32-25)34-19-35-29/h18-21,24,26-27,30,38,41-42H,3-17H2,1-2H3,(H,31,39)(H,36,40)(H2,32,33,34,35,37). The third-order valence-electron chi connectivity index (χ3n) is 7.87. The molecule has 43 heavy (non-hydrogen) atoms. The molecule has 0 aromatic carbocycles. The van der Waals surface area contributed by atoms with E-state index in [1.54, 1.807) is 0 Å². The summed E-state index contributed by atoms with van der Waals surface area (Å²) in [4.78, 5) is 39.8. The third-order valence-corrected chi connectivity index (χ3v) is 7.87. The highest BCUT2D eigenvalue weighted by atomic mass is 16.5. The van der Waals surface area contributed by atoms with Gasteiger partial charge in [0.2, 0.25) is 11.8 Å². The van der Waals surface area contributed by atoms with Crippen molar-refractivity contribution >= 4 is 28.8 Å². The number of imidazole rings is 1. The summed E-state index contributed by atoms with van der Waals surface area (Å²) in [7, 11) is 0. The maximum absolute atomic E-state index is 12.5. The lowest BCUT2D eigenvalue weighted by molar-refractivity contribution is -0.185. The molecule has 1 fully saturated rings. The van der Waals surface area contributed by atoms with Crippen molar-refractivity contribution < 1.29 is 29.6 Å². The van der Waals surface area contributed by atoms with Gasteiger partial charge in [0.1, 0.15) is 30.2 Å². The molecule has 7 N–H and O–H groups in total. The number of H-pyrrole nitrogens is 1. The van der Waals surface area contributed by atoms with Gasteiger partial charge in [-0.2, -0.15) is 0 Å². The number of aliphatic hydroxyl groups is 3. The molecule has 1 aliphatic heterocycles. The van der Waals surface area contributed by atoms with Crippen LogP contribution in [0.1, 0.15) is 97.3 Å². The Labute approximate surface area is 254 Å². The van der Waals surface area contributed by atoms with Gasteiger partial charge in [0, 0.05) is 19.4 Å². The molecule has 3 heterocycles. The molecule has 13 nitrogen and oxygen atoms in total. The van der Waals surface area contributed by atoms with Crippen molar-refractivity contribution in [2.75, 3.05) is 18.5 Å². The average Bonchev–Trinajstić information content (AvgIpc) is 3.47. The summed E-state index contributed by atoms with van der Waals surface area (Å²) in [5.74, 6) is 0.566. The first-order chi connectivity index (χ1) is 20.8. The van der Waals surface area contributed by atoms with E-state index in [-0.39, 0.29) is 18.9 Å². The van der Waals surface area contributed by atoms with E-state index in [4.69, 9.17) is 4.74 Å². The van der Waals surface area contributed by atoms with Gasteiger partial charge in [0.25, 0.3) is 0 Å². The lowest BCUT2D eigenvalue weighted by Gasteiger charge is -2.42. The summed E-state index contributed by atoms with van der Waals surface area (Å²) in [5.41, 5.74) is 0.891. The van der Waals surface area contributed by atoms with Crippen LogP contribution in [0.2, 0.25) is 0 Å². The molecule has 242 valence electrons. The normalized spacial score (nSPS) is 22.1. The number of fused-ring (bicyclic) bond motifs is 1. The minimum absolute atomic E-state index is 0.0128. The van der Waals surface area contributed by atoms with Gasteiger partial charge in [-0.3, -0.25) is 9.59 Å². The molecule has 0 bridgehead atoms. The van der Waals surface area contributed by atoms with Gasteiger partial charge in [-0.25, -0.2) is 15.0 Å². The third kappa shape index (κ3) is 11.6. The zero-order valence-corrected chi connectivity index (χ0v) is 25.6. The number of hydrogen-bond acceptors (Lipinski definition) is 10. The number of unbranched alkanes of at least 4 members (excludes halogenated alkanes) is 9. The van der Waals surface area contributed by atoms with E-state index in [0.29, 0.717) is 23.4 Å². The number of rotatable bonds is 20. The number of nitrogens with one attached hydrogen (secondary N) is 4. The predicted molar refractivity (Wildman–Crippen MR) is 163 cm³/mol. The molecule has 13 heteroatoms. The van der Waals surface area contributed by atoms with Crippen molar-refractivity contribution in [1.29, 1.82) is 0 Å². The molecule has 0 spiro atoms. The summed E-state index contributed by atoms with van der Waals surface area (Å²) in [6, 6.07) is -1.05. The number of nitrogens with zero attached hydrogens (tertiary/aromatic N) is 3. The van der Waals surface area contributed by atoms with E-state index >= 15 is 0 Å². The van der Waals surface area contributed by atoms with Gasteiger partial charge in [-0.1, -0.05) is 78.1 Å². The van der Waals surface area contributed by atoms with E-state index in [1.807, 2.05) is 0 Å². The molecule has 1 saturated heterocycles. The number of aromatic nitrogens is 4. The van der Waals surface area contributed by atoms with Gasteiger partial charge < -0.3 is 41.0 Å². The summed E-state index contributed by atoms with van der Waals surface area (Å²) in [6.07, 6.45) is 11.6. The molecule has 5 unspecified atom stereocenters. The van der Waals surface area contributed by atoms with Crippen molar-refractivity contribution in [3.8, 4) is 0 Å². The summed E-state index contributed by atoms with van der Waals surface area (Å²) in [6.45, 7) is 4.20. The highest BCUT2D eigenvalue weighted by molar-refractivity contribution is 5.82. The van der Waals surface area contributed by atoms with Gasteiger partial charge in [-0.15, -0.1) is 0 Å². The van der Waals surface area contributed by atoms with Gasteiger partial charge in [-0.05, 0) is 12.3 Å². The Morgan fingerprint density at radius 1 is 0.907 bits per heavy atom. The van der Waals surface area contributed by atoms with Crippen molar-refractivity contribution in [1.82, 2.24) is 30.6 Å². The number of anilines is 1. The number of carbonyl (C=O) groups is 2. The van der Waals surface area contributed by atoms with Crippen LogP contribution < -0.4 is 16.0 Å². The Morgan fingerprint density at radius 3 is 2.26 bits per heavy atom. The molecule has 2 amide bonds. The molecule has 2 aromatic heterocycles. The smallest absolute Gasteiger partial charge is 0.222 e. The van der Waals surface area contributed by atoms with E-state index in [2.05, 4.69) is 49.7 Å². The Kier molecular flexibility index (Phi) is 15.1. The zero-order valence-electron chi connectivity index (χ0n) is 25.6. The number of carbonyl (C=O) groups excluding carboxylic acids is 2. The van der Waals surface area contributed by atoms with E-state index in [1.165, 1.54) is 64.0 Å². The number of hydrogen-bond donors (Lipinski definition) is 7. The Hall–Kier alpha value is -2.87. The molecule has 5 atom stereocenters. The summed E-state index contributed by atoms with van der Waals surface area (Å²) < 4.78 is 5.77. The minimum atomic E-state index is -1.44. The van der Waals surface area contributed by atoms with Crippen molar-refractivity contribution in [3.63, 3.8) is 0 Å². The first kappa shape index (κ1) is 34.6. The van der Waals surface area contributed by atoms with E-state index in [0.717, 1.165) is 25.2 Å². The van der Waals surface area contributed by atoms with Crippen LogP contribution in [0.3, 0.4) is 0 Å². The monoisotopic (exact) mass is 605 g/mol. The van der Waals surface area contributed by atoms with Crippen molar-refractivity contribution in [2.45, 2.75) is 128 Å². The maximum Gasteiger partial charge on any atom is 0.222 e. The minimum Gasteiger partial charge on any atom is -0.394 e. The Morgan fingerprint density at radius 2 is 1.58 bits per heavy atom. The largest absolute Gasteiger partial charge is 0.394 e. The van der Waals surface area contributed by atoms with Crippen LogP contribution in [0.5, 0.6) is 0 Å². The van der Waals surface area contributed by atoms with Crippen molar-refractivity contribution in [2.24, 2.45) is 5.92 Å². The van der Waals surface area contributed by atoms with E-state index < -0.39 is 43.1 Å². The lowest BCUT2D eigenvalue weighted by Crippen LogP contribution is -2.65. The summed E-state index contributed by atoms with van der Waals surface area (Å²) >= 11 is 0. The number of ether oxygens (including phenoxy) is 1. The van der Waals surface area contributed by atoms with Gasteiger partial charge in [0.05, 0.1) is 19.0 Å². The second-order valence-electron chi connectivity index (χ2n) is 11.9. The Bertz CT molecular complexity index is 1100. The highest BCUT2D eigenvalue weighted by Crippen LogP contribution is 2.24. The number of aliphatic hydroxyl groups excluding tert-OH is 3. The van der Waals surface area contributed by atoms with Crippen LogP contribution in [-0.4, -0.2) is 90.8 Å². The van der Waals surface area contributed by atoms with Crippen LogP contribution >= 0.6 is 0 Å². The second-order valence-corrected chi connectivity index (χ2v) is 11.9. The number of aromatic amines is 1. The van der Waals surface area contributed by atoms with Crippen LogP contribution in [-0.2, 0) is 14.3 Å². The van der Waals surface area contributed by atoms with Crippen molar-refractivity contribution in [3.05, 3.63) is 12.7 Å². The molecule has 3 rings (SSSR count). The SMILES string of the molecule is CC(C)CCCCCCCCCCCCC(=O)NCCC(=O)NC1C(CO)OC(Nc2ncnc3nc[nH]c23)C(O)C1O. The van der Waals surface area contributed by atoms with Crippen LogP contribution in [0.25, 0.3) is 11.2 Å². The predicted octanol–water partition coefficient (Wildman–Crippen LogP) is 2.53. The summed E-state index contributed by atoms with van der Waals surface area (Å²) in [5, 5.41) is 39.6. The van der Waals surface area contributed by atoms with E-state index in [9.17, 15) is 24.9 Å². The van der Waals surface area contributed by atoms with Crippen LogP contribution in [0, 0.1) is 5.92 Å². The molecular formula is C30H51N7O6. The fourth-order valence-electron chi connectivity index (χ4n) is 5.34. The van der Waals surface area contributed by atoms with Crippen LogP contribution in [0.4, 0.5) is 5.82 Å². The molecule has 2 aromatic rings. The van der Waals surface area contributed by atoms with Gasteiger partial charge >= 0.3 is 0 Å². The Balaban J connectivity index is 1.26. The first-order valence-electron chi connectivity index (χ1n) is 15.9. The van der Waals surface area contributed by atoms with Crippen LogP contribution in [0.15, 0.2) is 12.7 Å². The fraction of sp³-hybridized carbons (Fsp3) is 0.767. The molecule has 0 radical (unpaired) electrons. The molecular weight excluding hydrogens is 554 g/mol. The maximum atomic E-state index is 12.5. The first-order valence-corrected chi connectivity index (χ1v) is 15.9. The zero-order chi connectivity index (χ0) is 31.0. The highest BCUT2D eigenvalue weighted by Gasteiger charge is 2.45. The van der Waals surface area contributed by atoms with Gasteiger partial charge in [0.15, 0.2) is 17.7 Å². The molecule has 1 aliphatic rings. The molecule has 0 aliphatic carbocycles. The quantitative estimate of drug-likeness (QED) is 0.110. The lowest BCUT2D eigenvalue weighted by atomic mass is 9.95. The fourth-order valence-corrected chi connectivity index (χ4v) is 5.34. The number of amides is 2. The topological polar surface area (TPSA) is 195 Å².